The van der Waals surface area contributed by atoms with Crippen molar-refractivity contribution in [3.63, 3.8) is 0 Å². The molecule has 0 aliphatic heterocycles. The van der Waals surface area contributed by atoms with E-state index in [9.17, 15) is 9.59 Å². The van der Waals surface area contributed by atoms with Gasteiger partial charge in [-0.25, -0.2) is 0 Å². The minimum Gasteiger partial charge on any atom is -0.488 e. The molecule has 4 aromatic rings. The van der Waals surface area contributed by atoms with Gasteiger partial charge in [0, 0.05) is 11.1 Å². The Morgan fingerprint density at radius 1 is 0.639 bits per heavy atom. The van der Waals surface area contributed by atoms with Crippen LogP contribution < -0.4 is 9.47 Å². The van der Waals surface area contributed by atoms with Gasteiger partial charge in [-0.3, -0.25) is 9.59 Å². The lowest BCUT2D eigenvalue weighted by Crippen LogP contribution is -2.03. The fraction of sp³-hybridized carbons (Fsp3) is 0.133. The molecule has 0 N–H and O–H groups in total. The van der Waals surface area contributed by atoms with E-state index in [1.165, 1.54) is 0 Å². The van der Waals surface area contributed by atoms with E-state index in [0.29, 0.717) is 24.3 Å². The molecule has 0 heterocycles. The first kappa shape index (κ1) is 26.3. The van der Waals surface area contributed by atoms with E-state index in [1.807, 2.05) is 24.3 Å². The molecule has 0 unspecified atom stereocenters. The van der Waals surface area contributed by atoms with Crippen LogP contribution in [-0.2, 0) is 13.2 Å². The second-order valence-corrected chi connectivity index (χ2v) is 10.7. The van der Waals surface area contributed by atoms with Gasteiger partial charge in [0.1, 0.15) is 37.3 Å². The molecular weight excluding hydrogens is 678 g/mol. The highest BCUT2D eigenvalue weighted by molar-refractivity contribution is 14.1. The normalized spacial score (nSPS) is 10.7. The second-order valence-electron chi connectivity index (χ2n) is 8.37. The van der Waals surface area contributed by atoms with Crippen molar-refractivity contribution in [1.82, 2.24) is 0 Å². The third kappa shape index (κ3) is 5.98. The number of aldehydes is 2. The lowest BCUT2D eigenvalue weighted by molar-refractivity contribution is 0.111. The molecule has 0 spiro atoms. The van der Waals surface area contributed by atoms with Crippen LogP contribution in [0.25, 0.3) is 11.1 Å². The Kier molecular flexibility index (Phi) is 8.79. The number of carbonyl (C=O) groups is 2. The number of halogens is 2. The molecule has 0 radical (unpaired) electrons. The Labute approximate surface area is 238 Å². The first-order valence-electron chi connectivity index (χ1n) is 11.3. The fourth-order valence-corrected chi connectivity index (χ4v) is 5.38. The number of rotatable bonds is 9. The smallest absolute Gasteiger partial charge is 0.150 e. The molecule has 0 aliphatic carbocycles. The molecule has 182 valence electrons. The highest BCUT2D eigenvalue weighted by Gasteiger charge is 2.13. The number of ether oxygens (including phenoxy) is 2. The Morgan fingerprint density at radius 2 is 1.06 bits per heavy atom. The summed E-state index contributed by atoms with van der Waals surface area (Å²) in [5.74, 6) is 1.52. The molecule has 4 nitrogen and oxygen atoms in total. The van der Waals surface area contributed by atoms with Crippen molar-refractivity contribution in [2.45, 2.75) is 27.1 Å². The maximum atomic E-state index is 11.0. The van der Waals surface area contributed by atoms with Gasteiger partial charge in [-0.1, -0.05) is 36.4 Å². The summed E-state index contributed by atoms with van der Waals surface area (Å²) in [5, 5.41) is 0. The van der Waals surface area contributed by atoms with Crippen LogP contribution in [0.15, 0.2) is 72.8 Å². The van der Waals surface area contributed by atoms with Crippen LogP contribution in [0.5, 0.6) is 11.5 Å². The van der Waals surface area contributed by atoms with Crippen LogP contribution in [0, 0.1) is 21.0 Å². The molecule has 0 amide bonds. The summed E-state index contributed by atoms with van der Waals surface area (Å²) in [7, 11) is 0. The summed E-state index contributed by atoms with van der Waals surface area (Å²) in [5.41, 5.74) is 8.13. The molecule has 0 aromatic heterocycles. The summed E-state index contributed by atoms with van der Waals surface area (Å²) in [6.07, 6.45) is 1.68. The molecule has 6 heteroatoms. The average molecular weight is 702 g/mol. The third-order valence-corrected chi connectivity index (χ3v) is 7.82. The molecule has 4 aromatic carbocycles. The zero-order chi connectivity index (χ0) is 25.7. The van der Waals surface area contributed by atoms with Crippen molar-refractivity contribution in [2.24, 2.45) is 0 Å². The van der Waals surface area contributed by atoms with Crippen LogP contribution in [0.2, 0.25) is 0 Å². The molecule has 0 fully saturated rings. The molecule has 0 saturated carbocycles. The number of carbonyl (C=O) groups excluding carboxylic acids is 2. The Bertz CT molecular complexity index is 1320. The average Bonchev–Trinajstić information content (AvgIpc) is 2.88. The van der Waals surface area contributed by atoms with E-state index in [4.69, 9.17) is 9.47 Å². The van der Waals surface area contributed by atoms with Crippen LogP contribution in [0.4, 0.5) is 0 Å². The third-order valence-electron chi connectivity index (χ3n) is 6.13. The maximum Gasteiger partial charge on any atom is 0.150 e. The number of benzene rings is 4. The Morgan fingerprint density at radius 3 is 1.42 bits per heavy atom. The van der Waals surface area contributed by atoms with Gasteiger partial charge in [0.05, 0.1) is 7.14 Å². The SMILES string of the molecule is Cc1c(COc2ccc(C=O)cc2I)cccc1-c1cccc(COc2ccc(C=O)cc2I)c1C. The fourth-order valence-electron chi connectivity index (χ4n) is 3.99. The van der Waals surface area contributed by atoms with Crippen LogP contribution in [0.3, 0.4) is 0 Å². The van der Waals surface area contributed by atoms with Crippen LogP contribution in [-0.4, -0.2) is 12.6 Å². The number of hydrogen-bond acceptors (Lipinski definition) is 4. The summed E-state index contributed by atoms with van der Waals surface area (Å²) >= 11 is 4.38. The van der Waals surface area contributed by atoms with Crippen molar-refractivity contribution < 1.29 is 19.1 Å². The van der Waals surface area contributed by atoms with E-state index in [2.05, 4.69) is 95.4 Å². The molecule has 0 atom stereocenters. The van der Waals surface area contributed by atoms with E-state index < -0.39 is 0 Å². The lowest BCUT2D eigenvalue weighted by atomic mass is 9.92. The van der Waals surface area contributed by atoms with Crippen molar-refractivity contribution in [1.29, 1.82) is 0 Å². The summed E-state index contributed by atoms with van der Waals surface area (Å²) in [6.45, 7) is 5.11. The van der Waals surface area contributed by atoms with Crippen molar-refractivity contribution in [2.75, 3.05) is 0 Å². The molecule has 0 saturated heterocycles. The van der Waals surface area contributed by atoms with Gasteiger partial charge >= 0.3 is 0 Å². The zero-order valence-corrected chi connectivity index (χ0v) is 24.2. The van der Waals surface area contributed by atoms with E-state index in [-0.39, 0.29) is 0 Å². The van der Waals surface area contributed by atoms with Crippen molar-refractivity contribution in [3.8, 4) is 22.6 Å². The zero-order valence-electron chi connectivity index (χ0n) is 19.9. The van der Waals surface area contributed by atoms with Gasteiger partial charge in [0.2, 0.25) is 0 Å². The quantitative estimate of drug-likeness (QED) is 0.131. The molecule has 36 heavy (non-hydrogen) atoms. The van der Waals surface area contributed by atoms with Crippen molar-refractivity contribution in [3.05, 3.63) is 113 Å². The highest BCUT2D eigenvalue weighted by atomic mass is 127. The minimum absolute atomic E-state index is 0.438. The van der Waals surface area contributed by atoms with Gasteiger partial charge in [0.15, 0.2) is 0 Å². The Hall–Kier alpha value is -2.72. The van der Waals surface area contributed by atoms with Crippen LogP contribution in [0.1, 0.15) is 43.0 Å². The monoisotopic (exact) mass is 702 g/mol. The standard InChI is InChI=1S/C30H24I2O4/c1-19-23(17-35-29-11-9-21(15-33)13-27(29)31)5-3-7-25(19)26-8-4-6-24(20(26)2)18-36-30-12-10-22(16-34)14-28(30)32/h3-16H,17-18H2,1-2H3. The predicted molar refractivity (Wildman–Crippen MR) is 159 cm³/mol. The molecule has 4 rings (SSSR count). The van der Waals surface area contributed by atoms with E-state index in [0.717, 1.165) is 64.6 Å². The van der Waals surface area contributed by atoms with Crippen molar-refractivity contribution >= 4 is 57.8 Å². The lowest BCUT2D eigenvalue weighted by Gasteiger charge is -2.17. The number of hydrogen-bond donors (Lipinski definition) is 0. The summed E-state index contributed by atoms with van der Waals surface area (Å²) in [4.78, 5) is 22.0. The Balaban J connectivity index is 1.54. The second kappa shape index (κ2) is 12.0. The minimum atomic E-state index is 0.438. The van der Waals surface area contributed by atoms with Gasteiger partial charge < -0.3 is 9.47 Å². The van der Waals surface area contributed by atoms with E-state index in [1.54, 1.807) is 12.1 Å². The van der Waals surface area contributed by atoms with Gasteiger partial charge in [0.25, 0.3) is 0 Å². The first-order chi connectivity index (χ1) is 17.4. The predicted octanol–water partition coefficient (Wildman–Crippen LogP) is 7.96. The van der Waals surface area contributed by atoms with Gasteiger partial charge in [-0.2, -0.15) is 0 Å². The molecule has 0 bridgehead atoms. The van der Waals surface area contributed by atoms with E-state index >= 15 is 0 Å². The van der Waals surface area contributed by atoms with Gasteiger partial charge in [-0.05, 0) is 129 Å². The van der Waals surface area contributed by atoms with Crippen LogP contribution >= 0.6 is 45.2 Å². The highest BCUT2D eigenvalue weighted by Crippen LogP contribution is 2.32. The van der Waals surface area contributed by atoms with Gasteiger partial charge in [-0.15, -0.1) is 0 Å². The first-order valence-corrected chi connectivity index (χ1v) is 13.5. The molecular formula is C30H24I2O4. The summed E-state index contributed by atoms with van der Waals surface area (Å²) in [6, 6.07) is 23.4. The maximum absolute atomic E-state index is 11.0. The summed E-state index contributed by atoms with van der Waals surface area (Å²) < 4.78 is 14.0. The largest absolute Gasteiger partial charge is 0.488 e. The topological polar surface area (TPSA) is 52.6 Å². The molecule has 0 aliphatic rings.